The highest BCUT2D eigenvalue weighted by Crippen LogP contribution is 2.61. The summed E-state index contributed by atoms with van der Waals surface area (Å²) in [5.41, 5.74) is 2.14. The van der Waals surface area contributed by atoms with Gasteiger partial charge in [0.1, 0.15) is 17.2 Å². The van der Waals surface area contributed by atoms with Crippen molar-refractivity contribution in [2.75, 3.05) is 12.0 Å². The maximum absolute atomic E-state index is 14.7. The van der Waals surface area contributed by atoms with E-state index in [4.69, 9.17) is 16.3 Å². The summed E-state index contributed by atoms with van der Waals surface area (Å²) in [7, 11) is 1.56. The highest BCUT2D eigenvalue weighted by Gasteiger charge is 2.71. The number of methoxy groups -OCH3 is 1. The fourth-order valence-corrected chi connectivity index (χ4v) is 7.03. The van der Waals surface area contributed by atoms with Crippen molar-refractivity contribution in [3.8, 4) is 5.75 Å². The highest BCUT2D eigenvalue weighted by molar-refractivity contribution is 6.32. The Kier molecular flexibility index (Phi) is 5.55. The molecule has 6 heteroatoms. The van der Waals surface area contributed by atoms with Crippen molar-refractivity contribution in [3.63, 3.8) is 0 Å². The Labute approximate surface area is 236 Å². The Hall–Kier alpha value is -4.48. The maximum Gasteiger partial charge on any atom is 0.186 e. The Morgan fingerprint density at radius 2 is 1.52 bits per heavy atom. The first-order chi connectivity index (χ1) is 19.5. The van der Waals surface area contributed by atoms with Crippen molar-refractivity contribution >= 4 is 40.7 Å². The van der Waals surface area contributed by atoms with Gasteiger partial charge in [-0.05, 0) is 41.5 Å². The van der Waals surface area contributed by atoms with Gasteiger partial charge >= 0.3 is 0 Å². The molecule has 0 aromatic heterocycles. The van der Waals surface area contributed by atoms with Crippen LogP contribution >= 0.6 is 11.6 Å². The molecule has 2 heterocycles. The molecule has 4 aromatic rings. The van der Waals surface area contributed by atoms with Crippen molar-refractivity contribution in [2.24, 2.45) is 5.41 Å². The van der Waals surface area contributed by atoms with Crippen molar-refractivity contribution in [1.82, 2.24) is 0 Å². The summed E-state index contributed by atoms with van der Waals surface area (Å²) in [6, 6.07) is 27.4. The van der Waals surface area contributed by atoms with Crippen LogP contribution < -0.4 is 9.64 Å². The van der Waals surface area contributed by atoms with Crippen LogP contribution in [0, 0.1) is 5.41 Å². The molecule has 1 saturated heterocycles. The normalized spacial score (nSPS) is 21.8. The fourth-order valence-electron chi connectivity index (χ4n) is 6.91. The summed E-state index contributed by atoms with van der Waals surface area (Å²) < 4.78 is 5.43. The zero-order valence-electron chi connectivity index (χ0n) is 21.6. The molecular weight excluding hydrogens is 522 g/mol. The predicted molar refractivity (Wildman–Crippen MR) is 155 cm³/mol. The second-order valence-corrected chi connectivity index (χ2v) is 10.8. The Bertz CT molecular complexity index is 1710. The van der Waals surface area contributed by atoms with Gasteiger partial charge in [0.15, 0.2) is 17.3 Å². The largest absolute Gasteiger partial charge is 0.497 e. The van der Waals surface area contributed by atoms with Crippen LogP contribution in [-0.2, 0) is 0 Å². The zero-order valence-corrected chi connectivity index (χ0v) is 22.3. The van der Waals surface area contributed by atoms with E-state index in [9.17, 15) is 14.4 Å². The summed E-state index contributed by atoms with van der Waals surface area (Å²) in [5.74, 6) is -0.933. The van der Waals surface area contributed by atoms with Crippen LogP contribution in [0.5, 0.6) is 5.75 Å². The lowest BCUT2D eigenvalue weighted by atomic mass is 9.64. The van der Waals surface area contributed by atoms with Crippen LogP contribution in [0.1, 0.15) is 48.1 Å². The van der Waals surface area contributed by atoms with Crippen LogP contribution in [-0.4, -0.2) is 36.5 Å². The number of carbonyl (C=O) groups is 3. The topological polar surface area (TPSA) is 63.7 Å². The lowest BCUT2D eigenvalue weighted by Gasteiger charge is -2.37. The number of hydrogen-bond donors (Lipinski definition) is 0. The minimum Gasteiger partial charge on any atom is -0.497 e. The van der Waals surface area contributed by atoms with Gasteiger partial charge in [0.05, 0.1) is 13.2 Å². The Morgan fingerprint density at radius 1 is 0.850 bits per heavy atom. The van der Waals surface area contributed by atoms with Crippen LogP contribution in [0.4, 0.5) is 5.69 Å². The van der Waals surface area contributed by atoms with Crippen LogP contribution in [0.2, 0.25) is 5.02 Å². The number of rotatable bonds is 4. The van der Waals surface area contributed by atoms with Crippen molar-refractivity contribution in [1.29, 1.82) is 0 Å². The molecule has 0 N–H and O–H groups in total. The number of halogens is 1. The quantitative estimate of drug-likeness (QED) is 0.212. The van der Waals surface area contributed by atoms with E-state index in [2.05, 4.69) is 0 Å². The summed E-state index contributed by atoms with van der Waals surface area (Å²) in [6.07, 6.45) is 3.88. The number of benzene rings is 4. The van der Waals surface area contributed by atoms with Gasteiger partial charge in [-0.3, -0.25) is 14.4 Å². The summed E-state index contributed by atoms with van der Waals surface area (Å²) in [4.78, 5) is 45.9. The molecular formula is C34H24ClNO4. The number of fused-ring (bicyclic) bond motifs is 5. The minimum atomic E-state index is -1.54. The number of nitrogens with zero attached hydrogens (tertiary/aromatic N) is 1. The maximum atomic E-state index is 14.7. The van der Waals surface area contributed by atoms with E-state index < -0.39 is 23.4 Å². The van der Waals surface area contributed by atoms with Crippen molar-refractivity contribution in [2.45, 2.75) is 18.0 Å². The summed E-state index contributed by atoms with van der Waals surface area (Å²) in [5, 5.41) is 0.529. The Balaban J connectivity index is 1.54. The van der Waals surface area contributed by atoms with E-state index in [1.54, 1.807) is 67.8 Å². The molecule has 0 bridgehead atoms. The number of para-hydroxylation sites is 1. The Morgan fingerprint density at radius 3 is 2.23 bits per heavy atom. The van der Waals surface area contributed by atoms with Crippen LogP contribution in [0.3, 0.4) is 0 Å². The van der Waals surface area contributed by atoms with Gasteiger partial charge in [-0.15, -0.1) is 0 Å². The monoisotopic (exact) mass is 545 g/mol. The first-order valence-corrected chi connectivity index (χ1v) is 13.5. The molecule has 1 spiro atoms. The minimum absolute atomic E-state index is 0.192. The molecule has 2 aliphatic heterocycles. The second kappa shape index (κ2) is 9.04. The van der Waals surface area contributed by atoms with E-state index in [1.165, 1.54) is 0 Å². The van der Waals surface area contributed by atoms with Crippen molar-refractivity contribution in [3.05, 3.63) is 136 Å². The lowest BCUT2D eigenvalue weighted by molar-refractivity contribution is 0.0666. The zero-order chi connectivity index (χ0) is 27.6. The van der Waals surface area contributed by atoms with Crippen LogP contribution in [0.25, 0.3) is 6.08 Å². The number of carbonyl (C=O) groups excluding carboxylic acids is 3. The van der Waals surface area contributed by atoms with Gasteiger partial charge in [-0.2, -0.15) is 0 Å². The third-order valence-corrected chi connectivity index (χ3v) is 8.82. The molecule has 4 aromatic carbocycles. The summed E-state index contributed by atoms with van der Waals surface area (Å²) >= 11 is 6.28. The van der Waals surface area contributed by atoms with Crippen LogP contribution in [0.15, 0.2) is 103 Å². The SMILES string of the molecule is COc1cccc(C(=O)[C@H]2[C@H](c3ccc(Cl)cc3)C3(C(=O)c4ccccc4C3=O)[C@@H]3C=Cc4ccccc4N32)c1. The molecule has 1 fully saturated rings. The van der Waals surface area contributed by atoms with Gasteiger partial charge in [-0.25, -0.2) is 0 Å². The average molecular weight is 546 g/mol. The van der Waals surface area contributed by atoms with Gasteiger partial charge in [-0.1, -0.05) is 90.5 Å². The van der Waals surface area contributed by atoms with Gasteiger partial charge in [0, 0.05) is 33.3 Å². The molecule has 7 rings (SSSR count). The molecule has 0 saturated carbocycles. The molecule has 40 heavy (non-hydrogen) atoms. The third kappa shape index (κ3) is 3.24. The third-order valence-electron chi connectivity index (χ3n) is 8.56. The molecule has 5 nitrogen and oxygen atoms in total. The van der Waals surface area contributed by atoms with Gasteiger partial charge < -0.3 is 9.64 Å². The highest BCUT2D eigenvalue weighted by atomic mass is 35.5. The molecule has 1 aliphatic carbocycles. The standard InChI is InChI=1S/C34H24ClNO4/c1-40-24-9-6-8-22(19-24)31(37)30-29(21-13-16-23(35)17-14-21)34(32(38)25-10-3-4-11-26(25)33(34)39)28-18-15-20-7-2-5-12-27(20)36(28)30/h2-19,28-30H,1H3/t28-,29-,30+/m0/s1. The average Bonchev–Trinajstić information content (AvgIpc) is 3.43. The molecule has 0 radical (unpaired) electrons. The number of anilines is 1. The molecule has 0 amide bonds. The number of ether oxygens (including phenoxy) is 1. The molecule has 3 aliphatic rings. The van der Waals surface area contributed by atoms with E-state index in [1.807, 2.05) is 53.5 Å². The van der Waals surface area contributed by atoms with Crippen molar-refractivity contribution < 1.29 is 19.1 Å². The number of Topliss-reactive ketones (excluding diaryl/α,β-unsaturated/α-hetero) is 3. The van der Waals surface area contributed by atoms with E-state index in [0.29, 0.717) is 33.0 Å². The molecule has 0 unspecified atom stereocenters. The fraction of sp³-hybridized carbons (Fsp3) is 0.147. The number of ketones is 3. The van der Waals surface area contributed by atoms with E-state index in [0.717, 1.165) is 11.3 Å². The van der Waals surface area contributed by atoms with E-state index in [-0.39, 0.29) is 17.3 Å². The first-order valence-electron chi connectivity index (χ1n) is 13.1. The smallest absolute Gasteiger partial charge is 0.186 e. The summed E-state index contributed by atoms with van der Waals surface area (Å²) in [6.45, 7) is 0. The first kappa shape index (κ1) is 24.6. The van der Waals surface area contributed by atoms with E-state index >= 15 is 0 Å². The van der Waals surface area contributed by atoms with Gasteiger partial charge in [0.2, 0.25) is 0 Å². The lowest BCUT2D eigenvalue weighted by Crippen LogP contribution is -2.48. The number of hydrogen-bond acceptors (Lipinski definition) is 5. The van der Waals surface area contributed by atoms with Gasteiger partial charge in [0.25, 0.3) is 0 Å². The molecule has 3 atom stereocenters. The predicted octanol–water partition coefficient (Wildman–Crippen LogP) is 6.66. The molecule has 196 valence electrons. The second-order valence-electron chi connectivity index (χ2n) is 10.4.